The van der Waals surface area contributed by atoms with Crippen LogP contribution in [0.2, 0.25) is 0 Å². The molecule has 0 saturated carbocycles. The van der Waals surface area contributed by atoms with E-state index in [0.717, 1.165) is 0 Å². The summed E-state index contributed by atoms with van der Waals surface area (Å²) in [6.45, 7) is 1.10. The van der Waals surface area contributed by atoms with Crippen LogP contribution in [0.1, 0.15) is 0 Å². The highest BCUT2D eigenvalue weighted by molar-refractivity contribution is 7.90. The molecule has 1 fully saturated rings. The van der Waals surface area contributed by atoms with Crippen LogP contribution in [0.15, 0.2) is 24.3 Å². The zero-order valence-electron chi connectivity index (χ0n) is 9.98. The predicted octanol–water partition coefficient (Wildman–Crippen LogP) is 0.584. The van der Waals surface area contributed by atoms with E-state index in [1.54, 1.807) is 0 Å². The number of hydrogen-bond acceptors (Lipinski definition) is 5. The highest BCUT2D eigenvalue weighted by Gasteiger charge is 2.26. The zero-order chi connectivity index (χ0) is 13.9. The molecule has 1 heterocycles. The average Bonchev–Trinajstić information content (AvgIpc) is 2.39. The fourth-order valence-electron chi connectivity index (χ4n) is 1.71. The van der Waals surface area contributed by atoms with Gasteiger partial charge in [0.05, 0.1) is 18.1 Å². The van der Waals surface area contributed by atoms with Crippen LogP contribution in [0.4, 0.5) is 11.4 Å². The van der Waals surface area contributed by atoms with Gasteiger partial charge in [-0.05, 0) is 6.07 Å². The predicted molar refractivity (Wildman–Crippen MR) is 68.0 cm³/mol. The van der Waals surface area contributed by atoms with Crippen molar-refractivity contribution in [1.82, 2.24) is 4.31 Å². The quantitative estimate of drug-likeness (QED) is 0.644. The molecule has 0 aliphatic carbocycles. The Hall–Kier alpha value is -1.71. The zero-order valence-corrected chi connectivity index (χ0v) is 10.8. The number of benzene rings is 1. The summed E-state index contributed by atoms with van der Waals surface area (Å²) >= 11 is 0. The molecule has 0 spiro atoms. The van der Waals surface area contributed by atoms with E-state index in [1.165, 1.54) is 28.6 Å². The summed E-state index contributed by atoms with van der Waals surface area (Å²) in [5.74, 6) is 0. The van der Waals surface area contributed by atoms with Crippen molar-refractivity contribution in [3.63, 3.8) is 0 Å². The highest BCUT2D eigenvalue weighted by atomic mass is 32.2. The summed E-state index contributed by atoms with van der Waals surface area (Å²) in [7, 11) is -3.79. The van der Waals surface area contributed by atoms with Gasteiger partial charge in [-0.1, -0.05) is 12.1 Å². The van der Waals surface area contributed by atoms with Gasteiger partial charge >= 0.3 is 10.2 Å². The van der Waals surface area contributed by atoms with Crippen molar-refractivity contribution in [2.24, 2.45) is 0 Å². The van der Waals surface area contributed by atoms with Crippen LogP contribution in [0.5, 0.6) is 0 Å². The Morgan fingerprint density at radius 3 is 2.53 bits per heavy atom. The van der Waals surface area contributed by atoms with Crippen molar-refractivity contribution in [3.05, 3.63) is 34.4 Å². The second-order valence-electron chi connectivity index (χ2n) is 3.89. The minimum absolute atomic E-state index is 0.0426. The number of nitro groups is 1. The number of nitrogens with one attached hydrogen (secondary N) is 1. The Labute approximate surface area is 110 Å². The van der Waals surface area contributed by atoms with Gasteiger partial charge in [0, 0.05) is 19.2 Å². The van der Waals surface area contributed by atoms with Crippen LogP contribution in [0, 0.1) is 10.1 Å². The molecule has 0 radical (unpaired) electrons. The minimum Gasteiger partial charge on any atom is -0.379 e. The second kappa shape index (κ2) is 5.51. The topological polar surface area (TPSA) is 102 Å². The molecule has 0 bridgehead atoms. The van der Waals surface area contributed by atoms with Crippen molar-refractivity contribution >= 4 is 21.6 Å². The molecule has 0 atom stereocenters. The van der Waals surface area contributed by atoms with E-state index in [4.69, 9.17) is 4.74 Å². The van der Waals surface area contributed by atoms with Gasteiger partial charge in [-0.25, -0.2) is 0 Å². The monoisotopic (exact) mass is 287 g/mol. The third kappa shape index (κ3) is 3.19. The Bertz CT molecular complexity index is 568. The number of rotatable bonds is 4. The van der Waals surface area contributed by atoms with Gasteiger partial charge in [-0.2, -0.15) is 12.7 Å². The molecule has 1 aromatic carbocycles. The summed E-state index contributed by atoms with van der Waals surface area (Å²) in [6.07, 6.45) is 0. The number of nitrogens with zero attached hydrogens (tertiary/aromatic N) is 2. The molecule has 1 aliphatic heterocycles. The number of morpholine rings is 1. The van der Waals surface area contributed by atoms with E-state index in [1.807, 2.05) is 0 Å². The fraction of sp³-hybridized carbons (Fsp3) is 0.400. The summed E-state index contributed by atoms with van der Waals surface area (Å²) in [5, 5.41) is 10.8. The van der Waals surface area contributed by atoms with Crippen LogP contribution >= 0.6 is 0 Å². The molecular formula is C10H13N3O5S. The summed E-state index contributed by atoms with van der Waals surface area (Å²) in [4.78, 5) is 10.2. The van der Waals surface area contributed by atoms with Gasteiger partial charge in [-0.15, -0.1) is 0 Å². The molecule has 1 N–H and O–H groups in total. The minimum atomic E-state index is -3.79. The van der Waals surface area contributed by atoms with E-state index in [2.05, 4.69) is 4.72 Å². The van der Waals surface area contributed by atoms with Crippen molar-refractivity contribution in [2.45, 2.75) is 0 Å². The van der Waals surface area contributed by atoms with E-state index >= 15 is 0 Å². The number of para-hydroxylation sites is 2. The molecule has 0 amide bonds. The van der Waals surface area contributed by atoms with E-state index in [0.29, 0.717) is 13.2 Å². The lowest BCUT2D eigenvalue weighted by Gasteiger charge is -2.26. The molecule has 19 heavy (non-hydrogen) atoms. The van der Waals surface area contributed by atoms with E-state index in [-0.39, 0.29) is 24.5 Å². The number of ether oxygens (including phenoxy) is 1. The maximum atomic E-state index is 12.1. The SMILES string of the molecule is O=[N+]([O-])c1ccccc1NS(=O)(=O)N1CCOCC1. The van der Waals surface area contributed by atoms with Gasteiger partial charge in [0.25, 0.3) is 5.69 Å². The lowest BCUT2D eigenvalue weighted by Crippen LogP contribution is -2.43. The first-order valence-electron chi connectivity index (χ1n) is 5.60. The third-order valence-electron chi connectivity index (χ3n) is 2.65. The standard InChI is InChI=1S/C10H13N3O5S/c14-13(15)10-4-2-1-3-9(10)11-19(16,17)12-5-7-18-8-6-12/h1-4,11H,5-8H2. The molecule has 9 heteroatoms. The molecule has 0 unspecified atom stereocenters. The Kier molecular flexibility index (Phi) is 3.98. The van der Waals surface area contributed by atoms with Crippen LogP contribution in [0.3, 0.4) is 0 Å². The molecule has 2 rings (SSSR count). The normalized spacial score (nSPS) is 17.1. The molecular weight excluding hydrogens is 274 g/mol. The van der Waals surface area contributed by atoms with Gasteiger partial charge in [0.2, 0.25) is 0 Å². The molecule has 1 aliphatic rings. The van der Waals surface area contributed by atoms with Crippen molar-refractivity contribution < 1.29 is 18.1 Å². The van der Waals surface area contributed by atoms with Crippen LogP contribution < -0.4 is 4.72 Å². The second-order valence-corrected chi connectivity index (χ2v) is 5.56. The molecule has 0 aromatic heterocycles. The lowest BCUT2D eigenvalue weighted by atomic mass is 10.3. The maximum Gasteiger partial charge on any atom is 0.302 e. The van der Waals surface area contributed by atoms with Gasteiger partial charge in [0.15, 0.2) is 0 Å². The van der Waals surface area contributed by atoms with Crippen LogP contribution in [-0.4, -0.2) is 43.9 Å². The fourth-order valence-corrected chi connectivity index (χ4v) is 2.92. The summed E-state index contributed by atoms with van der Waals surface area (Å²) in [6, 6.07) is 5.61. The third-order valence-corrected chi connectivity index (χ3v) is 4.17. The number of hydrogen-bond donors (Lipinski definition) is 1. The number of anilines is 1. The first kappa shape index (κ1) is 13.7. The van der Waals surface area contributed by atoms with Crippen molar-refractivity contribution in [3.8, 4) is 0 Å². The van der Waals surface area contributed by atoms with E-state index < -0.39 is 15.1 Å². The summed E-state index contributed by atoms with van der Waals surface area (Å²) in [5.41, 5.74) is -0.321. The molecule has 1 saturated heterocycles. The Morgan fingerprint density at radius 1 is 1.26 bits per heavy atom. The lowest BCUT2D eigenvalue weighted by molar-refractivity contribution is -0.383. The Balaban J connectivity index is 2.22. The largest absolute Gasteiger partial charge is 0.379 e. The van der Waals surface area contributed by atoms with Gasteiger partial charge in [0.1, 0.15) is 5.69 Å². The first-order chi connectivity index (χ1) is 9.00. The van der Waals surface area contributed by atoms with Gasteiger partial charge in [-0.3, -0.25) is 14.8 Å². The average molecular weight is 287 g/mol. The highest BCUT2D eigenvalue weighted by Crippen LogP contribution is 2.25. The van der Waals surface area contributed by atoms with Gasteiger partial charge < -0.3 is 4.74 Å². The Morgan fingerprint density at radius 2 is 1.89 bits per heavy atom. The van der Waals surface area contributed by atoms with Crippen LogP contribution in [0.25, 0.3) is 0 Å². The first-order valence-corrected chi connectivity index (χ1v) is 7.04. The number of nitro benzene ring substituents is 1. The maximum absolute atomic E-state index is 12.1. The molecule has 104 valence electrons. The summed E-state index contributed by atoms with van der Waals surface area (Å²) < 4.78 is 32.6. The van der Waals surface area contributed by atoms with Crippen molar-refractivity contribution in [2.75, 3.05) is 31.0 Å². The molecule has 1 aromatic rings. The smallest absolute Gasteiger partial charge is 0.302 e. The van der Waals surface area contributed by atoms with Crippen LogP contribution in [-0.2, 0) is 14.9 Å². The molecule has 8 nitrogen and oxygen atoms in total. The van der Waals surface area contributed by atoms with Crippen molar-refractivity contribution in [1.29, 1.82) is 0 Å². The van der Waals surface area contributed by atoms with E-state index in [9.17, 15) is 18.5 Å².